The molecule has 2 heterocycles. The molecule has 0 aliphatic heterocycles. The highest BCUT2D eigenvalue weighted by molar-refractivity contribution is 6.13. The fraction of sp³-hybridized carbons (Fsp3) is 0. The zero-order chi connectivity index (χ0) is 38.1. The van der Waals surface area contributed by atoms with Gasteiger partial charge in [0.2, 0.25) is 0 Å². The molecule has 10 rings (SSSR count). The van der Waals surface area contributed by atoms with Gasteiger partial charge in [-0.15, -0.1) is 0 Å². The van der Waals surface area contributed by atoms with Crippen LogP contribution in [-0.2, 0) is 0 Å². The van der Waals surface area contributed by atoms with Crippen molar-refractivity contribution in [1.82, 2.24) is 15.0 Å². The molecule has 0 fully saturated rings. The molecule has 5 nitrogen and oxygen atoms in total. The van der Waals surface area contributed by atoms with Crippen molar-refractivity contribution < 1.29 is 4.42 Å². The maximum atomic E-state index is 8.03. The fourth-order valence-electron chi connectivity index (χ4n) is 7.53. The van der Waals surface area contributed by atoms with Gasteiger partial charge < -0.3 is 4.42 Å². The Morgan fingerprint density at radius 1 is 0.351 bits per heavy atom. The standard InChI is InChI=1S/C52H32N4O/c1-53-46-32-39(35-15-7-3-8-16-35)27-29-43(46)40-19-11-20-41(31-40)51-54-50(38-17-9-4-10-18-38)55-52(56-51)42-28-30-45-48(33-42)57-47-22-12-21-44(49(45)47)37-25-23-36(24-26-37)34-13-5-2-6-14-34/h2-33H. The first-order valence-corrected chi connectivity index (χ1v) is 18.8. The molecule has 0 atom stereocenters. The largest absolute Gasteiger partial charge is 0.456 e. The minimum atomic E-state index is 0.539. The fourth-order valence-corrected chi connectivity index (χ4v) is 7.53. The van der Waals surface area contributed by atoms with Gasteiger partial charge in [-0.2, -0.15) is 0 Å². The summed E-state index contributed by atoms with van der Waals surface area (Å²) in [6.45, 7) is 8.03. The molecule has 57 heavy (non-hydrogen) atoms. The first-order chi connectivity index (χ1) is 28.2. The van der Waals surface area contributed by atoms with Crippen LogP contribution in [0.25, 0.3) is 105 Å². The van der Waals surface area contributed by atoms with E-state index in [2.05, 4.69) is 95.8 Å². The molecule has 266 valence electrons. The highest BCUT2D eigenvalue weighted by atomic mass is 16.3. The van der Waals surface area contributed by atoms with Crippen LogP contribution in [0.15, 0.2) is 199 Å². The van der Waals surface area contributed by atoms with Crippen molar-refractivity contribution in [2.45, 2.75) is 0 Å². The van der Waals surface area contributed by atoms with E-state index >= 15 is 0 Å². The van der Waals surface area contributed by atoms with Crippen molar-refractivity contribution in [1.29, 1.82) is 0 Å². The van der Waals surface area contributed by atoms with Crippen LogP contribution in [0.5, 0.6) is 0 Å². The molecular formula is C52H32N4O. The molecule has 0 aliphatic rings. The molecular weight excluding hydrogens is 697 g/mol. The quantitative estimate of drug-likeness (QED) is 0.153. The minimum Gasteiger partial charge on any atom is -0.456 e. The van der Waals surface area contributed by atoms with Crippen LogP contribution in [-0.4, -0.2) is 15.0 Å². The highest BCUT2D eigenvalue weighted by Gasteiger charge is 2.18. The Morgan fingerprint density at radius 3 is 1.54 bits per heavy atom. The topological polar surface area (TPSA) is 56.2 Å². The molecule has 10 aromatic rings. The van der Waals surface area contributed by atoms with Crippen molar-refractivity contribution in [2.75, 3.05) is 0 Å². The van der Waals surface area contributed by atoms with E-state index < -0.39 is 0 Å². The average Bonchev–Trinajstić information content (AvgIpc) is 3.68. The Kier molecular flexibility index (Phi) is 8.48. The lowest BCUT2D eigenvalue weighted by atomic mass is 9.96. The van der Waals surface area contributed by atoms with E-state index in [1.165, 1.54) is 11.1 Å². The van der Waals surface area contributed by atoms with Crippen molar-refractivity contribution in [3.8, 4) is 78.7 Å². The van der Waals surface area contributed by atoms with Crippen LogP contribution in [0.1, 0.15) is 0 Å². The van der Waals surface area contributed by atoms with E-state index in [1.807, 2.05) is 103 Å². The number of hydrogen-bond donors (Lipinski definition) is 0. The summed E-state index contributed by atoms with van der Waals surface area (Å²) < 4.78 is 6.53. The monoisotopic (exact) mass is 728 g/mol. The molecule has 5 heteroatoms. The van der Waals surface area contributed by atoms with Gasteiger partial charge in [-0.1, -0.05) is 164 Å². The van der Waals surface area contributed by atoms with Gasteiger partial charge in [0.05, 0.1) is 6.57 Å². The van der Waals surface area contributed by atoms with Gasteiger partial charge >= 0.3 is 0 Å². The van der Waals surface area contributed by atoms with E-state index in [-0.39, 0.29) is 0 Å². The Morgan fingerprint density at radius 2 is 0.860 bits per heavy atom. The first kappa shape index (κ1) is 33.6. The van der Waals surface area contributed by atoms with Gasteiger partial charge in [0, 0.05) is 27.5 Å². The van der Waals surface area contributed by atoms with E-state index in [0.29, 0.717) is 23.2 Å². The first-order valence-electron chi connectivity index (χ1n) is 18.8. The van der Waals surface area contributed by atoms with Crippen molar-refractivity contribution >= 4 is 27.6 Å². The summed E-state index contributed by atoms with van der Waals surface area (Å²) in [5.74, 6) is 1.65. The van der Waals surface area contributed by atoms with Crippen molar-refractivity contribution in [2.24, 2.45) is 0 Å². The Balaban J connectivity index is 1.05. The lowest BCUT2D eigenvalue weighted by Crippen LogP contribution is -2.00. The third kappa shape index (κ3) is 6.42. The smallest absolute Gasteiger partial charge is 0.195 e. The molecule has 0 bridgehead atoms. The number of rotatable bonds is 7. The number of nitrogens with zero attached hydrogens (tertiary/aromatic N) is 4. The summed E-state index contributed by atoms with van der Waals surface area (Å²) in [6.07, 6.45) is 0. The van der Waals surface area contributed by atoms with Crippen LogP contribution in [0.2, 0.25) is 0 Å². The van der Waals surface area contributed by atoms with Gasteiger partial charge in [-0.25, -0.2) is 19.8 Å². The second-order valence-electron chi connectivity index (χ2n) is 13.9. The summed E-state index contributed by atoms with van der Waals surface area (Å²) >= 11 is 0. The molecule has 0 aliphatic carbocycles. The highest BCUT2D eigenvalue weighted by Crippen LogP contribution is 2.40. The van der Waals surface area contributed by atoms with Crippen molar-refractivity contribution in [3.05, 3.63) is 206 Å². The van der Waals surface area contributed by atoms with Gasteiger partial charge in [-0.05, 0) is 74.8 Å². The molecule has 0 saturated heterocycles. The SMILES string of the molecule is [C-]#[N+]c1cc(-c2ccccc2)ccc1-c1cccc(-c2nc(-c3ccccc3)nc(-c3ccc4c(c3)oc3cccc(-c5ccc(-c6ccccc6)cc5)c34)n2)c1. The van der Waals surface area contributed by atoms with E-state index in [1.54, 1.807) is 0 Å². The van der Waals surface area contributed by atoms with Gasteiger partial charge in [0.15, 0.2) is 23.2 Å². The second kappa shape index (κ2) is 14.4. The van der Waals surface area contributed by atoms with Crippen LogP contribution in [0.3, 0.4) is 0 Å². The summed E-state index contributed by atoms with van der Waals surface area (Å²) in [5, 5.41) is 2.09. The van der Waals surface area contributed by atoms with Crippen LogP contribution in [0.4, 0.5) is 5.69 Å². The summed E-state index contributed by atoms with van der Waals surface area (Å²) in [6, 6.07) is 65.7. The van der Waals surface area contributed by atoms with E-state index in [9.17, 15) is 0 Å². The van der Waals surface area contributed by atoms with Crippen LogP contribution in [0, 0.1) is 6.57 Å². The lowest BCUT2D eigenvalue weighted by Gasteiger charge is -2.11. The number of aromatic nitrogens is 3. The molecule has 0 saturated carbocycles. The summed E-state index contributed by atoms with van der Waals surface area (Å²) in [4.78, 5) is 19.0. The maximum absolute atomic E-state index is 8.03. The third-order valence-corrected chi connectivity index (χ3v) is 10.4. The summed E-state index contributed by atoms with van der Waals surface area (Å²) in [7, 11) is 0. The zero-order valence-electron chi connectivity index (χ0n) is 30.7. The maximum Gasteiger partial charge on any atom is 0.195 e. The van der Waals surface area contributed by atoms with Crippen LogP contribution < -0.4 is 0 Å². The molecule has 0 amide bonds. The van der Waals surface area contributed by atoms with Gasteiger partial charge in [-0.3, -0.25) is 0 Å². The van der Waals surface area contributed by atoms with Gasteiger partial charge in [0.25, 0.3) is 0 Å². The number of furan rings is 1. The molecule has 0 spiro atoms. The van der Waals surface area contributed by atoms with Crippen LogP contribution >= 0.6 is 0 Å². The zero-order valence-corrected chi connectivity index (χ0v) is 30.7. The van der Waals surface area contributed by atoms with E-state index in [0.717, 1.165) is 72.0 Å². The molecule has 0 N–H and O–H groups in total. The molecule has 8 aromatic carbocycles. The second-order valence-corrected chi connectivity index (χ2v) is 13.9. The average molecular weight is 729 g/mol. The Bertz CT molecular complexity index is 3110. The lowest BCUT2D eigenvalue weighted by molar-refractivity contribution is 0.669. The third-order valence-electron chi connectivity index (χ3n) is 10.4. The number of fused-ring (bicyclic) bond motifs is 3. The van der Waals surface area contributed by atoms with Crippen molar-refractivity contribution in [3.63, 3.8) is 0 Å². The molecule has 0 unspecified atom stereocenters. The summed E-state index contributed by atoms with van der Waals surface area (Å²) in [5.41, 5.74) is 13.1. The molecule has 0 radical (unpaired) electrons. The molecule has 2 aromatic heterocycles. The predicted molar refractivity (Wildman–Crippen MR) is 231 cm³/mol. The Hall–Kier alpha value is -7.94. The Labute approximate surface area is 330 Å². The number of benzene rings is 8. The van der Waals surface area contributed by atoms with Gasteiger partial charge in [0.1, 0.15) is 11.2 Å². The van der Waals surface area contributed by atoms with E-state index in [4.69, 9.17) is 25.9 Å². The number of hydrogen-bond acceptors (Lipinski definition) is 4. The normalized spacial score (nSPS) is 11.1. The predicted octanol–water partition coefficient (Wildman–Crippen LogP) is 14.0. The minimum absolute atomic E-state index is 0.539.